The van der Waals surface area contributed by atoms with Gasteiger partial charge in [-0.15, -0.1) is 0 Å². The summed E-state index contributed by atoms with van der Waals surface area (Å²) in [6.07, 6.45) is 0. The van der Waals surface area contributed by atoms with E-state index in [1.165, 1.54) is 12.1 Å². The van der Waals surface area contributed by atoms with Crippen LogP contribution in [0.3, 0.4) is 0 Å². The van der Waals surface area contributed by atoms with E-state index in [1.54, 1.807) is 31.4 Å². The van der Waals surface area contributed by atoms with Crippen LogP contribution in [0.4, 0.5) is 4.39 Å². The zero-order valence-electron chi connectivity index (χ0n) is 13.4. The largest absolute Gasteiger partial charge is 0.497 e. The van der Waals surface area contributed by atoms with Crippen molar-refractivity contribution >= 4 is 39.4 Å². The lowest BCUT2D eigenvalue weighted by atomic mass is 10.1. The minimum absolute atomic E-state index is 0.0812. The summed E-state index contributed by atoms with van der Waals surface area (Å²) in [6, 6.07) is 10.8. The Balaban J connectivity index is 1.98. The number of carboxylic acids is 1. The molecule has 4 aromatic rings. The summed E-state index contributed by atoms with van der Waals surface area (Å²) >= 11 is 5.85. The Labute approximate surface area is 151 Å². The van der Waals surface area contributed by atoms with E-state index in [-0.39, 0.29) is 27.2 Å². The van der Waals surface area contributed by atoms with Crippen LogP contribution in [-0.2, 0) is 0 Å². The minimum Gasteiger partial charge on any atom is -0.497 e. The molecule has 2 aromatic heterocycles. The Kier molecular flexibility index (Phi) is 3.77. The van der Waals surface area contributed by atoms with Crippen LogP contribution in [0, 0.1) is 5.82 Å². The molecule has 4 rings (SSSR count). The highest BCUT2D eigenvalue weighted by atomic mass is 35.5. The number of aromatic nitrogens is 1. The Morgan fingerprint density at radius 1 is 1.23 bits per heavy atom. The van der Waals surface area contributed by atoms with E-state index in [0.29, 0.717) is 17.1 Å². The van der Waals surface area contributed by atoms with Crippen LogP contribution in [-0.4, -0.2) is 23.2 Å². The second kappa shape index (κ2) is 6.00. The van der Waals surface area contributed by atoms with Gasteiger partial charge < -0.3 is 14.3 Å². The molecule has 0 radical (unpaired) electrons. The number of methoxy groups -OCH3 is 1. The Morgan fingerprint density at radius 3 is 2.77 bits per heavy atom. The van der Waals surface area contributed by atoms with E-state index in [2.05, 4.69) is 4.98 Å². The van der Waals surface area contributed by atoms with Gasteiger partial charge in [0.05, 0.1) is 12.7 Å². The van der Waals surface area contributed by atoms with Gasteiger partial charge >= 0.3 is 5.97 Å². The van der Waals surface area contributed by atoms with Crippen molar-refractivity contribution in [3.63, 3.8) is 0 Å². The molecule has 0 unspecified atom stereocenters. The molecular formula is C19H11ClFNO4. The van der Waals surface area contributed by atoms with E-state index in [0.717, 1.165) is 11.5 Å². The van der Waals surface area contributed by atoms with E-state index in [4.69, 9.17) is 20.8 Å². The second-order valence-electron chi connectivity index (χ2n) is 5.66. The third-order valence-electron chi connectivity index (χ3n) is 4.04. The van der Waals surface area contributed by atoms with Crippen molar-refractivity contribution in [1.29, 1.82) is 0 Å². The number of hydrogen-bond acceptors (Lipinski definition) is 4. The van der Waals surface area contributed by atoms with Gasteiger partial charge in [0.15, 0.2) is 11.6 Å². The lowest BCUT2D eigenvalue weighted by Gasteiger charge is -2.07. The van der Waals surface area contributed by atoms with Crippen molar-refractivity contribution in [2.24, 2.45) is 0 Å². The first-order valence-corrected chi connectivity index (χ1v) is 7.95. The average Bonchev–Trinajstić information content (AvgIpc) is 3.03. The van der Waals surface area contributed by atoms with E-state index in [9.17, 15) is 14.3 Å². The number of pyridine rings is 1. The molecule has 1 N–H and O–H groups in total. The topological polar surface area (TPSA) is 72.6 Å². The lowest BCUT2D eigenvalue weighted by molar-refractivity contribution is 0.0699. The van der Waals surface area contributed by atoms with E-state index in [1.807, 2.05) is 0 Å². The predicted molar refractivity (Wildman–Crippen MR) is 95.4 cm³/mol. The molecule has 2 heterocycles. The molecule has 0 amide bonds. The van der Waals surface area contributed by atoms with Crippen LogP contribution in [0.5, 0.6) is 5.75 Å². The van der Waals surface area contributed by atoms with Gasteiger partial charge in [-0.1, -0.05) is 11.6 Å². The van der Waals surface area contributed by atoms with Gasteiger partial charge in [0.2, 0.25) is 0 Å². The highest BCUT2D eigenvalue weighted by Gasteiger charge is 2.18. The van der Waals surface area contributed by atoms with Gasteiger partial charge in [-0.2, -0.15) is 0 Å². The molecule has 7 heteroatoms. The summed E-state index contributed by atoms with van der Waals surface area (Å²) in [6.45, 7) is 0. The number of carboxylic acid groups (broad SMARTS) is 1. The Morgan fingerprint density at radius 2 is 2.04 bits per heavy atom. The molecule has 0 saturated heterocycles. The first-order valence-electron chi connectivity index (χ1n) is 7.57. The molecule has 0 aliphatic carbocycles. The number of rotatable bonds is 3. The zero-order chi connectivity index (χ0) is 18.4. The van der Waals surface area contributed by atoms with Gasteiger partial charge in [-0.3, -0.25) is 0 Å². The molecule has 0 atom stereocenters. The predicted octanol–water partition coefficient (Wildman–Crippen LogP) is 5.15. The summed E-state index contributed by atoms with van der Waals surface area (Å²) < 4.78 is 25.2. The summed E-state index contributed by atoms with van der Waals surface area (Å²) in [5, 5.41) is 10.5. The number of benzene rings is 2. The van der Waals surface area contributed by atoms with Crippen LogP contribution in [0.15, 0.2) is 46.9 Å². The Bertz CT molecular complexity index is 1190. The molecule has 0 fully saturated rings. The highest BCUT2D eigenvalue weighted by molar-refractivity contribution is 6.31. The summed E-state index contributed by atoms with van der Waals surface area (Å²) in [5.74, 6) is -0.928. The first-order chi connectivity index (χ1) is 12.5. The van der Waals surface area contributed by atoms with Gasteiger partial charge in [-0.25, -0.2) is 14.2 Å². The molecule has 0 spiro atoms. The molecule has 5 nitrogen and oxygen atoms in total. The monoisotopic (exact) mass is 371 g/mol. The minimum atomic E-state index is -1.21. The van der Waals surface area contributed by atoms with Gasteiger partial charge in [0.25, 0.3) is 0 Å². The van der Waals surface area contributed by atoms with Crippen LogP contribution in [0.1, 0.15) is 10.4 Å². The molecule has 0 aliphatic heterocycles. The van der Waals surface area contributed by atoms with E-state index >= 15 is 0 Å². The smallest absolute Gasteiger partial charge is 0.336 e. The fourth-order valence-corrected chi connectivity index (χ4v) is 3.03. The normalized spacial score (nSPS) is 11.2. The number of ether oxygens (including phenoxy) is 1. The average molecular weight is 372 g/mol. The van der Waals surface area contributed by atoms with Crippen molar-refractivity contribution in [3.8, 4) is 17.2 Å². The van der Waals surface area contributed by atoms with Crippen molar-refractivity contribution in [2.75, 3.05) is 7.11 Å². The standard InChI is InChI=1S/C19H11ClFNO4/c1-25-11-2-3-16-9(4-11)5-17(26-16)15-8-13(19(23)24)12-6-10(20)7-14(21)18(12)22-15/h2-8H,1H3,(H,23,24). The third kappa shape index (κ3) is 2.64. The number of fused-ring (bicyclic) bond motifs is 2. The maximum Gasteiger partial charge on any atom is 0.336 e. The third-order valence-corrected chi connectivity index (χ3v) is 4.26. The number of halogens is 2. The quantitative estimate of drug-likeness (QED) is 0.539. The molecule has 0 bridgehead atoms. The highest BCUT2D eigenvalue weighted by Crippen LogP contribution is 2.33. The van der Waals surface area contributed by atoms with E-state index < -0.39 is 11.8 Å². The van der Waals surface area contributed by atoms with Crippen LogP contribution >= 0.6 is 11.6 Å². The maximum absolute atomic E-state index is 14.3. The molecule has 130 valence electrons. The fourth-order valence-electron chi connectivity index (χ4n) is 2.83. The lowest BCUT2D eigenvalue weighted by Crippen LogP contribution is -2.01. The number of carbonyl (C=O) groups is 1. The van der Waals surface area contributed by atoms with Crippen LogP contribution in [0.25, 0.3) is 33.3 Å². The molecule has 2 aromatic carbocycles. The fraction of sp³-hybridized carbons (Fsp3) is 0.0526. The zero-order valence-corrected chi connectivity index (χ0v) is 14.2. The SMILES string of the molecule is COc1ccc2oc(-c3cc(C(=O)O)c4cc(Cl)cc(F)c4n3)cc2c1. The molecule has 0 aliphatic rings. The van der Waals surface area contributed by atoms with Crippen LogP contribution in [0.2, 0.25) is 5.02 Å². The number of hydrogen-bond donors (Lipinski definition) is 1. The van der Waals surface area contributed by atoms with Crippen molar-refractivity contribution in [2.45, 2.75) is 0 Å². The van der Waals surface area contributed by atoms with Gasteiger partial charge in [0, 0.05) is 15.8 Å². The first kappa shape index (κ1) is 16.4. The number of aromatic carboxylic acids is 1. The molecule has 26 heavy (non-hydrogen) atoms. The van der Waals surface area contributed by atoms with Crippen molar-refractivity contribution < 1.29 is 23.4 Å². The van der Waals surface area contributed by atoms with Crippen molar-refractivity contribution in [3.05, 3.63) is 58.9 Å². The summed E-state index contributed by atoms with van der Waals surface area (Å²) in [4.78, 5) is 15.9. The Hall–Kier alpha value is -3.12. The molecular weight excluding hydrogens is 361 g/mol. The second-order valence-corrected chi connectivity index (χ2v) is 6.09. The summed E-state index contributed by atoms with van der Waals surface area (Å²) in [5.41, 5.74) is 0.606. The van der Waals surface area contributed by atoms with Crippen molar-refractivity contribution in [1.82, 2.24) is 4.98 Å². The number of furan rings is 1. The summed E-state index contributed by atoms with van der Waals surface area (Å²) in [7, 11) is 1.56. The van der Waals surface area contributed by atoms with Crippen LogP contribution < -0.4 is 4.74 Å². The molecule has 0 saturated carbocycles. The number of nitrogens with zero attached hydrogens (tertiary/aromatic N) is 1. The van der Waals surface area contributed by atoms with Gasteiger partial charge in [0.1, 0.15) is 22.5 Å². The van der Waals surface area contributed by atoms with Gasteiger partial charge in [-0.05, 0) is 42.5 Å². The maximum atomic E-state index is 14.3.